The number of benzene rings is 1. The van der Waals surface area contributed by atoms with E-state index in [9.17, 15) is 0 Å². The number of rotatable bonds is 5. The number of hydrogen-bond donors (Lipinski definition) is 1. The molecule has 1 fully saturated rings. The molecule has 0 amide bonds. The molecule has 3 rings (SSSR count). The van der Waals surface area contributed by atoms with Crippen molar-refractivity contribution in [3.63, 3.8) is 0 Å². The molecule has 1 saturated carbocycles. The van der Waals surface area contributed by atoms with Crippen LogP contribution in [-0.4, -0.2) is 23.1 Å². The highest BCUT2D eigenvalue weighted by Crippen LogP contribution is 2.33. The Labute approximate surface area is 132 Å². The van der Waals surface area contributed by atoms with E-state index in [-0.39, 0.29) is 0 Å². The molecule has 1 aliphatic rings. The second-order valence-electron chi connectivity index (χ2n) is 5.13. The molecule has 6 heteroatoms. The van der Waals surface area contributed by atoms with Crippen molar-refractivity contribution >= 4 is 27.6 Å². The van der Waals surface area contributed by atoms with E-state index in [1.165, 1.54) is 12.8 Å². The van der Waals surface area contributed by atoms with Crippen LogP contribution in [0.2, 0.25) is 0 Å². The van der Waals surface area contributed by atoms with Gasteiger partial charge in [-0.05, 0) is 46.5 Å². The van der Waals surface area contributed by atoms with Gasteiger partial charge in [0.05, 0.1) is 17.8 Å². The van der Waals surface area contributed by atoms with Gasteiger partial charge in [0.2, 0.25) is 11.8 Å². The van der Waals surface area contributed by atoms with E-state index in [0.717, 1.165) is 22.3 Å². The number of methoxy groups -OCH3 is 1. The van der Waals surface area contributed by atoms with E-state index in [0.29, 0.717) is 17.9 Å². The Bertz CT molecular complexity index is 645. The van der Waals surface area contributed by atoms with Crippen LogP contribution in [0.15, 0.2) is 34.9 Å². The first kappa shape index (κ1) is 14.1. The van der Waals surface area contributed by atoms with Gasteiger partial charge in [0.1, 0.15) is 0 Å². The molecule has 1 aromatic heterocycles. The zero-order valence-electron chi connectivity index (χ0n) is 11.8. The van der Waals surface area contributed by atoms with Gasteiger partial charge in [-0.15, -0.1) is 0 Å². The van der Waals surface area contributed by atoms with Crippen LogP contribution in [-0.2, 0) is 6.54 Å². The lowest BCUT2D eigenvalue weighted by atomic mass is 10.2. The Balaban J connectivity index is 1.88. The van der Waals surface area contributed by atoms with Crippen molar-refractivity contribution < 1.29 is 4.74 Å². The first-order valence-corrected chi connectivity index (χ1v) is 7.64. The summed E-state index contributed by atoms with van der Waals surface area (Å²) in [5, 5.41) is 0. The fourth-order valence-electron chi connectivity index (χ4n) is 2.26. The van der Waals surface area contributed by atoms with E-state index >= 15 is 0 Å². The highest BCUT2D eigenvalue weighted by molar-refractivity contribution is 9.10. The Morgan fingerprint density at radius 3 is 2.90 bits per heavy atom. The Morgan fingerprint density at radius 1 is 1.43 bits per heavy atom. The summed E-state index contributed by atoms with van der Waals surface area (Å²) in [7, 11) is 1.61. The van der Waals surface area contributed by atoms with Gasteiger partial charge in [0.15, 0.2) is 0 Å². The maximum absolute atomic E-state index is 5.85. The maximum Gasteiger partial charge on any atom is 0.232 e. The molecule has 0 unspecified atom stereocenters. The normalized spacial score (nSPS) is 14.0. The smallest absolute Gasteiger partial charge is 0.232 e. The summed E-state index contributed by atoms with van der Waals surface area (Å²) in [6, 6.07) is 8.42. The molecule has 110 valence electrons. The molecule has 1 heterocycles. The van der Waals surface area contributed by atoms with Gasteiger partial charge in [-0.1, -0.05) is 12.1 Å². The topological polar surface area (TPSA) is 64.3 Å². The molecule has 0 bridgehead atoms. The number of nitrogens with two attached hydrogens (primary N) is 1. The molecular formula is C15H17BrN4O. The largest absolute Gasteiger partial charge is 0.480 e. The third-order valence-electron chi connectivity index (χ3n) is 3.44. The summed E-state index contributed by atoms with van der Waals surface area (Å²) in [6.45, 7) is 0.750. The molecule has 1 aromatic carbocycles. The third kappa shape index (κ3) is 3.26. The van der Waals surface area contributed by atoms with Crippen LogP contribution in [0.1, 0.15) is 18.4 Å². The third-order valence-corrected chi connectivity index (χ3v) is 3.99. The number of nitrogens with zero attached hydrogens (tertiary/aromatic N) is 3. The standard InChI is InChI=1S/C15H17BrN4O/c1-21-14-13(16)8-18-15(19-14)20(12-5-6-12)9-10-3-2-4-11(17)7-10/h2-4,7-8,12H,5-6,9,17H2,1H3. The number of anilines is 2. The van der Waals surface area contributed by atoms with Crippen molar-refractivity contribution in [3.05, 3.63) is 40.5 Å². The quantitative estimate of drug-likeness (QED) is 0.841. The second kappa shape index (κ2) is 5.89. The molecule has 2 aromatic rings. The predicted molar refractivity (Wildman–Crippen MR) is 86.3 cm³/mol. The monoisotopic (exact) mass is 348 g/mol. The van der Waals surface area contributed by atoms with Crippen LogP contribution < -0.4 is 15.4 Å². The van der Waals surface area contributed by atoms with Crippen molar-refractivity contribution in [2.75, 3.05) is 17.7 Å². The zero-order valence-corrected chi connectivity index (χ0v) is 13.4. The molecule has 21 heavy (non-hydrogen) atoms. The summed E-state index contributed by atoms with van der Waals surface area (Å²) in [4.78, 5) is 11.1. The first-order valence-electron chi connectivity index (χ1n) is 6.85. The average Bonchev–Trinajstić information content (AvgIpc) is 3.30. The van der Waals surface area contributed by atoms with E-state index in [4.69, 9.17) is 10.5 Å². The van der Waals surface area contributed by atoms with Crippen molar-refractivity contribution in [1.29, 1.82) is 0 Å². The minimum Gasteiger partial charge on any atom is -0.480 e. The van der Waals surface area contributed by atoms with Crippen LogP contribution in [0.4, 0.5) is 11.6 Å². The molecule has 0 radical (unpaired) electrons. The molecule has 0 atom stereocenters. The van der Waals surface area contributed by atoms with E-state index in [1.54, 1.807) is 13.3 Å². The van der Waals surface area contributed by atoms with Crippen LogP contribution in [0, 0.1) is 0 Å². The van der Waals surface area contributed by atoms with Crippen molar-refractivity contribution in [3.8, 4) is 5.88 Å². The van der Waals surface area contributed by atoms with Gasteiger partial charge in [-0.3, -0.25) is 0 Å². The summed E-state index contributed by atoms with van der Waals surface area (Å²) in [6.07, 6.45) is 4.07. The van der Waals surface area contributed by atoms with Gasteiger partial charge in [0, 0.05) is 18.3 Å². The predicted octanol–water partition coefficient (Wildman–Crippen LogP) is 3.00. The van der Waals surface area contributed by atoms with Crippen molar-refractivity contribution in [1.82, 2.24) is 9.97 Å². The van der Waals surface area contributed by atoms with Gasteiger partial charge in [-0.2, -0.15) is 4.98 Å². The minimum atomic E-state index is 0.498. The Hall–Kier alpha value is -1.82. The van der Waals surface area contributed by atoms with Gasteiger partial charge in [0.25, 0.3) is 0 Å². The maximum atomic E-state index is 5.85. The number of nitrogen functional groups attached to an aromatic ring is 1. The highest BCUT2D eigenvalue weighted by atomic mass is 79.9. The molecule has 0 aliphatic heterocycles. The lowest BCUT2D eigenvalue weighted by Gasteiger charge is -2.23. The fourth-order valence-corrected chi connectivity index (χ4v) is 2.61. The lowest BCUT2D eigenvalue weighted by molar-refractivity contribution is 0.393. The summed E-state index contributed by atoms with van der Waals surface area (Å²) < 4.78 is 6.02. The minimum absolute atomic E-state index is 0.498. The molecule has 0 spiro atoms. The van der Waals surface area contributed by atoms with E-state index in [2.05, 4.69) is 36.9 Å². The second-order valence-corrected chi connectivity index (χ2v) is 5.99. The number of ether oxygens (including phenoxy) is 1. The average molecular weight is 349 g/mol. The molecule has 2 N–H and O–H groups in total. The molecule has 0 saturated heterocycles. The molecule has 1 aliphatic carbocycles. The highest BCUT2D eigenvalue weighted by Gasteiger charge is 2.31. The number of halogens is 1. The van der Waals surface area contributed by atoms with Crippen LogP contribution in [0.5, 0.6) is 5.88 Å². The molecular weight excluding hydrogens is 332 g/mol. The van der Waals surface area contributed by atoms with Gasteiger partial charge in [-0.25, -0.2) is 4.98 Å². The lowest BCUT2D eigenvalue weighted by Crippen LogP contribution is -2.27. The van der Waals surface area contributed by atoms with E-state index < -0.39 is 0 Å². The summed E-state index contributed by atoms with van der Waals surface area (Å²) in [5.41, 5.74) is 7.79. The number of hydrogen-bond acceptors (Lipinski definition) is 5. The first-order chi connectivity index (χ1) is 10.2. The molecule has 5 nitrogen and oxygen atoms in total. The van der Waals surface area contributed by atoms with Crippen molar-refractivity contribution in [2.45, 2.75) is 25.4 Å². The van der Waals surface area contributed by atoms with Gasteiger partial charge < -0.3 is 15.4 Å². The van der Waals surface area contributed by atoms with Crippen LogP contribution in [0.3, 0.4) is 0 Å². The van der Waals surface area contributed by atoms with Crippen LogP contribution >= 0.6 is 15.9 Å². The van der Waals surface area contributed by atoms with Crippen molar-refractivity contribution in [2.24, 2.45) is 0 Å². The number of aromatic nitrogens is 2. The summed E-state index contributed by atoms with van der Waals surface area (Å²) >= 11 is 3.38. The fraction of sp³-hybridized carbons (Fsp3) is 0.333. The Kier molecular flexibility index (Phi) is 3.96. The zero-order chi connectivity index (χ0) is 14.8. The SMILES string of the molecule is COc1nc(N(Cc2cccc(N)c2)C2CC2)ncc1Br. The Morgan fingerprint density at radius 2 is 2.24 bits per heavy atom. The van der Waals surface area contributed by atoms with E-state index in [1.807, 2.05) is 18.2 Å². The van der Waals surface area contributed by atoms with Gasteiger partial charge >= 0.3 is 0 Å². The summed E-state index contributed by atoms with van der Waals surface area (Å²) in [5.74, 6) is 1.25. The van der Waals surface area contributed by atoms with Crippen LogP contribution in [0.25, 0.3) is 0 Å².